The average Bonchev–Trinajstić information content (AvgIpc) is 2.57. The Hall–Kier alpha value is -1.30. The van der Waals surface area contributed by atoms with Crippen LogP contribution in [-0.2, 0) is 9.84 Å². The number of hydrogen-bond donors (Lipinski definition) is 2. The van der Waals surface area contributed by atoms with Gasteiger partial charge in [-0.15, -0.1) is 0 Å². The van der Waals surface area contributed by atoms with Crippen molar-refractivity contribution >= 4 is 21.2 Å². The van der Waals surface area contributed by atoms with Gasteiger partial charge < -0.3 is 11.1 Å². The van der Waals surface area contributed by atoms with E-state index in [9.17, 15) is 12.8 Å². The monoisotopic (exact) mass is 258 g/mol. The first kappa shape index (κ1) is 12.2. The third-order valence-electron chi connectivity index (χ3n) is 3.00. The summed E-state index contributed by atoms with van der Waals surface area (Å²) < 4.78 is 36.0. The van der Waals surface area contributed by atoms with Crippen molar-refractivity contribution in [3.63, 3.8) is 0 Å². The van der Waals surface area contributed by atoms with E-state index in [2.05, 4.69) is 5.32 Å². The maximum atomic E-state index is 12.8. The molecule has 0 radical (unpaired) electrons. The Morgan fingerprint density at radius 3 is 2.82 bits per heavy atom. The number of rotatable bonds is 3. The molecule has 1 aliphatic heterocycles. The van der Waals surface area contributed by atoms with E-state index in [1.807, 2.05) is 0 Å². The van der Waals surface area contributed by atoms with E-state index in [1.54, 1.807) is 0 Å². The van der Waals surface area contributed by atoms with Crippen LogP contribution in [0.25, 0.3) is 0 Å². The van der Waals surface area contributed by atoms with Gasteiger partial charge in [0.15, 0.2) is 9.84 Å². The quantitative estimate of drug-likeness (QED) is 0.804. The minimum Gasteiger partial charge on any atom is -0.397 e. The molecule has 0 aliphatic carbocycles. The Balaban J connectivity index is 2.03. The van der Waals surface area contributed by atoms with Crippen molar-refractivity contribution in [3.05, 3.63) is 24.0 Å². The topological polar surface area (TPSA) is 72.2 Å². The van der Waals surface area contributed by atoms with Gasteiger partial charge in [0.05, 0.1) is 22.4 Å². The van der Waals surface area contributed by atoms with Crippen LogP contribution in [0.1, 0.15) is 12.8 Å². The number of halogens is 1. The van der Waals surface area contributed by atoms with Gasteiger partial charge in [-0.3, -0.25) is 0 Å². The first-order valence-electron chi connectivity index (χ1n) is 5.49. The van der Waals surface area contributed by atoms with Crippen molar-refractivity contribution < 1.29 is 12.8 Å². The normalized spacial score (nSPS) is 22.5. The van der Waals surface area contributed by atoms with Crippen molar-refractivity contribution in [1.29, 1.82) is 0 Å². The van der Waals surface area contributed by atoms with Gasteiger partial charge in [-0.05, 0) is 31.0 Å². The highest BCUT2D eigenvalue weighted by Gasteiger charge is 2.30. The number of hydrogen-bond acceptors (Lipinski definition) is 4. The first-order valence-corrected chi connectivity index (χ1v) is 7.21. The summed E-state index contributed by atoms with van der Waals surface area (Å²) in [4.78, 5) is 0. The molecule has 6 heteroatoms. The average molecular weight is 258 g/mol. The molecule has 1 unspecified atom stereocenters. The van der Waals surface area contributed by atoms with Gasteiger partial charge in [0, 0.05) is 6.54 Å². The lowest BCUT2D eigenvalue weighted by molar-refractivity contribution is 0.591. The molecule has 1 aromatic rings. The summed E-state index contributed by atoms with van der Waals surface area (Å²) in [5, 5.41) is 2.61. The second-order valence-corrected chi connectivity index (χ2v) is 6.64. The molecule has 1 aromatic carbocycles. The summed E-state index contributed by atoms with van der Waals surface area (Å²) in [7, 11) is -2.96. The van der Waals surface area contributed by atoms with Gasteiger partial charge >= 0.3 is 0 Å². The van der Waals surface area contributed by atoms with E-state index in [1.165, 1.54) is 18.2 Å². The molecule has 0 bridgehead atoms. The molecule has 0 amide bonds. The van der Waals surface area contributed by atoms with E-state index in [0.717, 1.165) is 0 Å². The summed E-state index contributed by atoms with van der Waals surface area (Å²) in [6.07, 6.45) is 1.39. The van der Waals surface area contributed by atoms with Crippen LogP contribution < -0.4 is 11.1 Å². The van der Waals surface area contributed by atoms with Crippen LogP contribution in [-0.4, -0.2) is 26.0 Å². The fourth-order valence-corrected chi connectivity index (χ4v) is 3.77. The van der Waals surface area contributed by atoms with Crippen molar-refractivity contribution in [1.82, 2.24) is 0 Å². The molecule has 0 saturated carbocycles. The Morgan fingerprint density at radius 2 is 2.24 bits per heavy atom. The highest BCUT2D eigenvalue weighted by atomic mass is 32.2. The van der Waals surface area contributed by atoms with E-state index in [4.69, 9.17) is 5.73 Å². The third kappa shape index (κ3) is 2.69. The molecule has 1 atom stereocenters. The number of nitrogens with two attached hydrogens (primary N) is 1. The largest absolute Gasteiger partial charge is 0.397 e. The van der Waals surface area contributed by atoms with Gasteiger partial charge in [0.2, 0.25) is 0 Å². The maximum absolute atomic E-state index is 12.8. The van der Waals surface area contributed by atoms with Crippen molar-refractivity contribution in [2.75, 3.05) is 23.3 Å². The van der Waals surface area contributed by atoms with Crippen molar-refractivity contribution in [2.45, 2.75) is 18.1 Å². The van der Waals surface area contributed by atoms with Gasteiger partial charge in [0.25, 0.3) is 0 Å². The van der Waals surface area contributed by atoms with Crippen LogP contribution in [0.5, 0.6) is 0 Å². The first-order chi connectivity index (χ1) is 7.99. The molecular weight excluding hydrogens is 243 g/mol. The molecule has 1 heterocycles. The molecule has 0 aromatic heterocycles. The van der Waals surface area contributed by atoms with Crippen LogP contribution in [0.4, 0.5) is 15.8 Å². The second kappa shape index (κ2) is 4.52. The lowest BCUT2D eigenvalue weighted by atomic mass is 10.2. The number of sulfone groups is 1. The highest BCUT2D eigenvalue weighted by Crippen LogP contribution is 2.23. The molecule has 4 nitrogen and oxygen atoms in total. The zero-order valence-electron chi connectivity index (χ0n) is 9.32. The lowest BCUT2D eigenvalue weighted by Gasteiger charge is -2.13. The molecule has 3 N–H and O–H groups in total. The fraction of sp³-hybridized carbons (Fsp3) is 0.455. The van der Waals surface area contributed by atoms with E-state index in [-0.39, 0.29) is 11.0 Å². The predicted octanol–water partition coefficient (Wildman–Crippen LogP) is 1.40. The lowest BCUT2D eigenvalue weighted by Crippen LogP contribution is -2.25. The smallest absolute Gasteiger partial charge is 0.154 e. The molecule has 94 valence electrons. The van der Waals surface area contributed by atoms with Gasteiger partial charge in [0.1, 0.15) is 5.82 Å². The van der Waals surface area contributed by atoms with Crippen LogP contribution in [0.3, 0.4) is 0 Å². The summed E-state index contributed by atoms with van der Waals surface area (Å²) in [6, 6.07) is 4.03. The summed E-state index contributed by atoms with van der Waals surface area (Å²) >= 11 is 0. The second-order valence-electron chi connectivity index (χ2n) is 4.24. The van der Waals surface area contributed by atoms with Crippen LogP contribution in [0, 0.1) is 5.82 Å². The van der Waals surface area contributed by atoms with E-state index in [0.29, 0.717) is 30.8 Å². The minimum absolute atomic E-state index is 0.262. The third-order valence-corrected chi connectivity index (χ3v) is 5.27. The molecule has 0 spiro atoms. The number of benzene rings is 1. The zero-order chi connectivity index (χ0) is 12.5. The fourth-order valence-electron chi connectivity index (χ4n) is 2.01. The predicted molar refractivity (Wildman–Crippen MR) is 66.1 cm³/mol. The van der Waals surface area contributed by atoms with Crippen molar-refractivity contribution in [3.8, 4) is 0 Å². The molecule has 1 fully saturated rings. The molecular formula is C11H15FN2O2S. The Labute approximate surface area is 99.9 Å². The van der Waals surface area contributed by atoms with Crippen molar-refractivity contribution in [2.24, 2.45) is 0 Å². The molecule has 1 aliphatic rings. The van der Waals surface area contributed by atoms with Gasteiger partial charge in [-0.1, -0.05) is 0 Å². The summed E-state index contributed by atoms with van der Waals surface area (Å²) in [5.74, 6) is -0.139. The van der Waals surface area contributed by atoms with E-state index >= 15 is 0 Å². The molecule has 1 saturated heterocycles. The summed E-state index contributed by atoms with van der Waals surface area (Å²) in [6.45, 7) is 0.332. The summed E-state index contributed by atoms with van der Waals surface area (Å²) in [5.41, 5.74) is 6.49. The number of anilines is 2. The number of nitrogens with one attached hydrogen (secondary N) is 1. The maximum Gasteiger partial charge on any atom is 0.154 e. The molecule has 17 heavy (non-hydrogen) atoms. The highest BCUT2D eigenvalue weighted by molar-refractivity contribution is 7.92. The number of nitrogen functional groups attached to an aromatic ring is 1. The zero-order valence-corrected chi connectivity index (χ0v) is 10.1. The Morgan fingerprint density at radius 1 is 1.47 bits per heavy atom. The SMILES string of the molecule is Nc1cc(F)ccc1NCC1CCCS1(=O)=O. The van der Waals surface area contributed by atoms with E-state index < -0.39 is 15.7 Å². The standard InChI is InChI=1S/C11H15FN2O2S/c12-8-3-4-11(10(13)6-8)14-7-9-2-1-5-17(9,15)16/h3-4,6,9,14H,1-2,5,7,13H2. The minimum atomic E-state index is -2.96. The van der Waals surface area contributed by atoms with Crippen LogP contribution in [0.15, 0.2) is 18.2 Å². The van der Waals surface area contributed by atoms with Crippen LogP contribution >= 0.6 is 0 Å². The van der Waals surface area contributed by atoms with Gasteiger partial charge in [-0.25, -0.2) is 12.8 Å². The Kier molecular flexibility index (Phi) is 3.24. The Bertz CT molecular complexity index is 516. The molecule has 2 rings (SSSR count). The van der Waals surface area contributed by atoms with Gasteiger partial charge in [-0.2, -0.15) is 0 Å². The van der Waals surface area contributed by atoms with Crippen LogP contribution in [0.2, 0.25) is 0 Å².